The van der Waals surface area contributed by atoms with Crippen LogP contribution in [0.2, 0.25) is 0 Å². The van der Waals surface area contributed by atoms with Gasteiger partial charge in [0.1, 0.15) is 5.01 Å². The molecule has 2 aromatic rings. The summed E-state index contributed by atoms with van der Waals surface area (Å²) in [6.07, 6.45) is 3.36. The standard InChI is InChI=1S/C13H14N2S/c14-10-7-4-8-11-12(10)16-13(15-11)9-5-2-1-3-6-9/h1-3,5-6,10H,4,7-8,14H2/t10-/m0/s1. The van der Waals surface area contributed by atoms with Crippen molar-refractivity contribution in [2.24, 2.45) is 5.73 Å². The molecule has 1 atom stereocenters. The molecule has 1 heterocycles. The molecule has 1 aliphatic carbocycles. The van der Waals surface area contributed by atoms with Crippen LogP contribution in [-0.4, -0.2) is 4.98 Å². The van der Waals surface area contributed by atoms with Crippen molar-refractivity contribution in [3.63, 3.8) is 0 Å². The zero-order valence-electron chi connectivity index (χ0n) is 9.02. The summed E-state index contributed by atoms with van der Waals surface area (Å²) in [5, 5.41) is 1.11. The average molecular weight is 230 g/mol. The number of hydrogen-bond acceptors (Lipinski definition) is 3. The van der Waals surface area contributed by atoms with Gasteiger partial charge in [0.25, 0.3) is 0 Å². The molecule has 0 saturated carbocycles. The topological polar surface area (TPSA) is 38.9 Å². The smallest absolute Gasteiger partial charge is 0.123 e. The molecular formula is C13H14N2S. The maximum atomic E-state index is 6.11. The minimum absolute atomic E-state index is 0.207. The normalized spacial score (nSPS) is 19.4. The third-order valence-corrected chi connectivity index (χ3v) is 4.29. The van der Waals surface area contributed by atoms with E-state index >= 15 is 0 Å². The fourth-order valence-electron chi connectivity index (χ4n) is 2.16. The van der Waals surface area contributed by atoms with Crippen LogP contribution in [0.25, 0.3) is 10.6 Å². The molecule has 0 spiro atoms. The van der Waals surface area contributed by atoms with E-state index in [4.69, 9.17) is 10.7 Å². The first-order valence-electron chi connectivity index (χ1n) is 5.65. The number of thiazole rings is 1. The van der Waals surface area contributed by atoms with Crippen LogP contribution in [0.4, 0.5) is 0 Å². The molecule has 0 bridgehead atoms. The summed E-state index contributed by atoms with van der Waals surface area (Å²) in [4.78, 5) is 6.01. The van der Waals surface area contributed by atoms with Crippen LogP contribution in [0.1, 0.15) is 29.5 Å². The third kappa shape index (κ3) is 1.66. The summed E-state index contributed by atoms with van der Waals surface area (Å²) >= 11 is 1.76. The van der Waals surface area contributed by atoms with E-state index in [2.05, 4.69) is 24.3 Å². The molecule has 0 unspecified atom stereocenters. The molecular weight excluding hydrogens is 216 g/mol. The second kappa shape index (κ2) is 4.00. The second-order valence-electron chi connectivity index (χ2n) is 4.19. The minimum atomic E-state index is 0.207. The Hall–Kier alpha value is -1.19. The zero-order chi connectivity index (χ0) is 11.0. The lowest BCUT2D eigenvalue weighted by molar-refractivity contribution is 0.573. The average Bonchev–Trinajstić information content (AvgIpc) is 2.76. The second-order valence-corrected chi connectivity index (χ2v) is 5.23. The molecule has 0 aliphatic heterocycles. The molecule has 2 nitrogen and oxygen atoms in total. The maximum Gasteiger partial charge on any atom is 0.123 e. The van der Waals surface area contributed by atoms with Gasteiger partial charge in [0.15, 0.2) is 0 Å². The van der Waals surface area contributed by atoms with Crippen molar-refractivity contribution in [3.05, 3.63) is 40.9 Å². The van der Waals surface area contributed by atoms with Crippen LogP contribution >= 0.6 is 11.3 Å². The predicted octanol–water partition coefficient (Wildman–Crippen LogP) is 3.15. The highest BCUT2D eigenvalue weighted by Crippen LogP contribution is 2.36. The molecule has 3 rings (SSSR count). The Balaban J connectivity index is 2.05. The van der Waals surface area contributed by atoms with Gasteiger partial charge in [0.05, 0.1) is 5.69 Å². The van der Waals surface area contributed by atoms with E-state index in [9.17, 15) is 0 Å². The molecule has 1 aliphatic rings. The van der Waals surface area contributed by atoms with Crippen LogP contribution in [0.3, 0.4) is 0 Å². The molecule has 16 heavy (non-hydrogen) atoms. The fraction of sp³-hybridized carbons (Fsp3) is 0.308. The number of nitrogens with zero attached hydrogens (tertiary/aromatic N) is 1. The Morgan fingerprint density at radius 2 is 2.06 bits per heavy atom. The number of aryl methyl sites for hydroxylation is 1. The highest BCUT2D eigenvalue weighted by atomic mass is 32.1. The number of hydrogen-bond donors (Lipinski definition) is 1. The van der Waals surface area contributed by atoms with Crippen molar-refractivity contribution in [1.29, 1.82) is 0 Å². The molecule has 1 aromatic carbocycles. The lowest BCUT2D eigenvalue weighted by Gasteiger charge is -2.15. The first-order valence-corrected chi connectivity index (χ1v) is 6.47. The number of nitrogens with two attached hydrogens (primary N) is 1. The number of fused-ring (bicyclic) bond motifs is 1. The predicted molar refractivity (Wildman–Crippen MR) is 67.4 cm³/mol. The molecule has 0 fully saturated rings. The van der Waals surface area contributed by atoms with Crippen LogP contribution in [0.5, 0.6) is 0 Å². The molecule has 0 saturated heterocycles. The van der Waals surface area contributed by atoms with Crippen molar-refractivity contribution in [2.75, 3.05) is 0 Å². The Morgan fingerprint density at radius 3 is 2.81 bits per heavy atom. The van der Waals surface area contributed by atoms with E-state index in [-0.39, 0.29) is 6.04 Å². The molecule has 0 amide bonds. The van der Waals surface area contributed by atoms with Crippen molar-refractivity contribution >= 4 is 11.3 Å². The maximum absolute atomic E-state index is 6.11. The number of rotatable bonds is 1. The van der Waals surface area contributed by atoms with Crippen LogP contribution < -0.4 is 5.73 Å². The molecule has 0 radical (unpaired) electrons. The lowest BCUT2D eigenvalue weighted by Crippen LogP contribution is -2.15. The van der Waals surface area contributed by atoms with E-state index in [0.29, 0.717) is 0 Å². The largest absolute Gasteiger partial charge is 0.323 e. The summed E-state index contributed by atoms with van der Waals surface area (Å²) in [5.41, 5.74) is 8.54. The van der Waals surface area contributed by atoms with Gasteiger partial charge >= 0.3 is 0 Å². The monoisotopic (exact) mass is 230 g/mol. The SMILES string of the molecule is N[C@H]1CCCc2nc(-c3ccccc3)sc21. The Labute approximate surface area is 99.1 Å². The summed E-state index contributed by atoms with van der Waals surface area (Å²) in [5.74, 6) is 0. The van der Waals surface area contributed by atoms with E-state index in [0.717, 1.165) is 17.8 Å². The van der Waals surface area contributed by atoms with E-state index in [1.807, 2.05) is 6.07 Å². The van der Waals surface area contributed by atoms with Crippen molar-refractivity contribution < 1.29 is 0 Å². The Bertz CT molecular complexity index is 490. The quantitative estimate of drug-likeness (QED) is 0.817. The third-order valence-electron chi connectivity index (χ3n) is 3.01. The Kier molecular flexibility index (Phi) is 2.50. The molecule has 3 heteroatoms. The Morgan fingerprint density at radius 1 is 1.25 bits per heavy atom. The molecule has 2 N–H and O–H groups in total. The summed E-state index contributed by atoms with van der Waals surface area (Å²) in [6, 6.07) is 10.6. The van der Waals surface area contributed by atoms with Gasteiger partial charge in [0, 0.05) is 16.5 Å². The first-order chi connectivity index (χ1) is 7.84. The lowest BCUT2D eigenvalue weighted by atomic mass is 9.99. The fourth-order valence-corrected chi connectivity index (χ4v) is 3.31. The van der Waals surface area contributed by atoms with E-state index in [1.54, 1.807) is 11.3 Å². The van der Waals surface area contributed by atoms with Gasteiger partial charge in [-0.2, -0.15) is 0 Å². The van der Waals surface area contributed by atoms with Gasteiger partial charge in [-0.1, -0.05) is 30.3 Å². The van der Waals surface area contributed by atoms with Crippen molar-refractivity contribution in [3.8, 4) is 10.6 Å². The van der Waals surface area contributed by atoms with Gasteiger partial charge in [-0.15, -0.1) is 11.3 Å². The van der Waals surface area contributed by atoms with Crippen LogP contribution in [-0.2, 0) is 6.42 Å². The van der Waals surface area contributed by atoms with Crippen molar-refractivity contribution in [2.45, 2.75) is 25.3 Å². The van der Waals surface area contributed by atoms with Gasteiger partial charge < -0.3 is 5.73 Å². The summed E-state index contributed by atoms with van der Waals surface area (Å²) < 4.78 is 0. The van der Waals surface area contributed by atoms with Gasteiger partial charge in [0.2, 0.25) is 0 Å². The highest BCUT2D eigenvalue weighted by molar-refractivity contribution is 7.15. The number of benzene rings is 1. The van der Waals surface area contributed by atoms with Crippen molar-refractivity contribution in [1.82, 2.24) is 4.98 Å². The molecule has 1 aromatic heterocycles. The van der Waals surface area contributed by atoms with Gasteiger partial charge in [-0.25, -0.2) is 4.98 Å². The van der Waals surface area contributed by atoms with Gasteiger partial charge in [-0.05, 0) is 19.3 Å². The minimum Gasteiger partial charge on any atom is -0.323 e. The van der Waals surface area contributed by atoms with Crippen LogP contribution in [0, 0.1) is 0 Å². The van der Waals surface area contributed by atoms with E-state index in [1.165, 1.54) is 22.6 Å². The molecule has 82 valence electrons. The zero-order valence-corrected chi connectivity index (χ0v) is 9.83. The summed E-state index contributed by atoms with van der Waals surface area (Å²) in [7, 11) is 0. The number of aromatic nitrogens is 1. The summed E-state index contributed by atoms with van der Waals surface area (Å²) in [6.45, 7) is 0. The first kappa shape index (κ1) is 10.00. The highest BCUT2D eigenvalue weighted by Gasteiger charge is 2.21. The van der Waals surface area contributed by atoms with Crippen LogP contribution in [0.15, 0.2) is 30.3 Å². The van der Waals surface area contributed by atoms with Gasteiger partial charge in [-0.3, -0.25) is 0 Å². The van der Waals surface area contributed by atoms with E-state index < -0.39 is 0 Å².